The molecule has 2 aromatic rings. The molecule has 1 heterocycles. The van der Waals surface area contributed by atoms with E-state index in [0.29, 0.717) is 12.6 Å². The molecule has 3 nitrogen and oxygen atoms in total. The lowest BCUT2D eigenvalue weighted by Gasteiger charge is -2.09. The normalized spacial score (nSPS) is 12.5. The molecule has 0 saturated carbocycles. The van der Waals surface area contributed by atoms with Gasteiger partial charge in [0.1, 0.15) is 11.3 Å². The molecule has 0 unspecified atom stereocenters. The minimum atomic E-state index is -4.87. The van der Waals surface area contributed by atoms with Crippen molar-refractivity contribution in [2.45, 2.75) is 32.5 Å². The van der Waals surface area contributed by atoms with Crippen LogP contribution in [0.3, 0.4) is 0 Å². The van der Waals surface area contributed by atoms with Crippen molar-refractivity contribution < 1.29 is 22.4 Å². The van der Waals surface area contributed by atoms with Crippen molar-refractivity contribution in [3.63, 3.8) is 0 Å². The van der Waals surface area contributed by atoms with Crippen LogP contribution in [-0.4, -0.2) is 10.5 Å². The minimum absolute atomic E-state index is 0.271. The number of benzene rings is 1. The van der Waals surface area contributed by atoms with Crippen molar-refractivity contribution in [1.82, 2.24) is 4.57 Å². The van der Waals surface area contributed by atoms with Crippen LogP contribution in [0.25, 0.3) is 0 Å². The van der Waals surface area contributed by atoms with Crippen LogP contribution in [0, 0.1) is 5.82 Å². The van der Waals surface area contributed by atoms with Gasteiger partial charge in [-0.2, -0.15) is 18.2 Å². The van der Waals surface area contributed by atoms with Gasteiger partial charge in [-0.15, -0.1) is 0 Å². The number of carbonyl (C=O) groups is 1. The molecule has 0 spiro atoms. The molecule has 0 bridgehead atoms. The van der Waals surface area contributed by atoms with Gasteiger partial charge in [-0.25, -0.2) is 4.39 Å². The smallest absolute Gasteiger partial charge is 0.333 e. The third-order valence-electron chi connectivity index (χ3n) is 3.42. The Labute approximate surface area is 136 Å². The Hall–Kier alpha value is -2.44. The third kappa shape index (κ3) is 4.10. The maximum absolute atomic E-state index is 14.0. The highest BCUT2D eigenvalue weighted by Gasteiger charge is 2.35. The second-order valence-electron chi connectivity index (χ2n) is 5.19. The predicted molar refractivity (Wildman–Crippen MR) is 80.6 cm³/mol. The molecule has 2 rings (SSSR count). The predicted octanol–water partition coefficient (Wildman–Crippen LogP) is 4.19. The molecule has 1 amide bonds. The van der Waals surface area contributed by atoms with Gasteiger partial charge in [-0.1, -0.05) is 25.5 Å². The number of aromatic nitrogens is 1. The molecule has 0 saturated heterocycles. The van der Waals surface area contributed by atoms with Crippen LogP contribution in [-0.2, 0) is 12.7 Å². The van der Waals surface area contributed by atoms with Gasteiger partial charge in [-0.3, -0.25) is 4.79 Å². The lowest BCUT2D eigenvalue weighted by molar-refractivity contribution is -0.140. The lowest BCUT2D eigenvalue weighted by Crippen LogP contribution is -2.22. The zero-order valence-electron chi connectivity index (χ0n) is 13.0. The zero-order chi connectivity index (χ0) is 17.7. The van der Waals surface area contributed by atoms with Gasteiger partial charge in [0, 0.05) is 12.7 Å². The Morgan fingerprint density at radius 3 is 2.58 bits per heavy atom. The number of hydrogen-bond donors (Lipinski definition) is 0. The summed E-state index contributed by atoms with van der Waals surface area (Å²) in [6, 6.07) is 7.54. The summed E-state index contributed by atoms with van der Waals surface area (Å²) in [6.45, 7) is 2.61. The number of hydrogen-bond acceptors (Lipinski definition) is 1. The van der Waals surface area contributed by atoms with Crippen molar-refractivity contribution >= 4 is 5.91 Å². The highest BCUT2D eigenvalue weighted by atomic mass is 19.4. The van der Waals surface area contributed by atoms with E-state index < -0.39 is 29.0 Å². The molecule has 1 aromatic heterocycles. The number of halogens is 4. The Morgan fingerprint density at radius 2 is 1.92 bits per heavy atom. The first kappa shape index (κ1) is 17.9. The summed E-state index contributed by atoms with van der Waals surface area (Å²) in [5.74, 6) is -2.65. The van der Waals surface area contributed by atoms with Gasteiger partial charge in [0.25, 0.3) is 5.91 Å². The summed E-state index contributed by atoms with van der Waals surface area (Å²) in [5.41, 5.74) is -1.90. The summed E-state index contributed by atoms with van der Waals surface area (Å²) in [4.78, 5) is 15.9. The number of unbranched alkanes of at least 4 members (excludes halogenated alkanes) is 1. The van der Waals surface area contributed by atoms with Crippen LogP contribution < -0.4 is 5.49 Å². The van der Waals surface area contributed by atoms with Crippen molar-refractivity contribution in [2.24, 2.45) is 4.99 Å². The fourth-order valence-electron chi connectivity index (χ4n) is 2.17. The van der Waals surface area contributed by atoms with E-state index in [1.165, 1.54) is 0 Å². The Balaban J connectivity index is 2.44. The maximum Gasteiger partial charge on any atom is 0.419 e. The fourth-order valence-corrected chi connectivity index (χ4v) is 2.17. The van der Waals surface area contributed by atoms with E-state index in [0.717, 1.165) is 25.0 Å². The number of nitrogens with zero attached hydrogens (tertiary/aromatic N) is 2. The average molecular weight is 340 g/mol. The standard InChI is InChI=1S/C17H16F4N2O/c1-2-3-10-23-11-5-4-9-14(23)22-16(24)12-7-6-8-13(15(12)18)17(19,20)21/h4-9,11H,2-3,10H2,1H3. The zero-order valence-corrected chi connectivity index (χ0v) is 13.0. The summed E-state index contributed by atoms with van der Waals surface area (Å²) >= 11 is 0. The van der Waals surface area contributed by atoms with Crippen LogP contribution in [0.2, 0.25) is 0 Å². The number of pyridine rings is 1. The lowest BCUT2D eigenvalue weighted by atomic mass is 10.1. The van der Waals surface area contributed by atoms with E-state index in [1.54, 1.807) is 29.0 Å². The summed E-state index contributed by atoms with van der Waals surface area (Å²) in [6.07, 6.45) is -1.38. The Morgan fingerprint density at radius 1 is 1.17 bits per heavy atom. The Kier molecular flexibility index (Phi) is 5.54. The van der Waals surface area contributed by atoms with Crippen molar-refractivity contribution in [2.75, 3.05) is 0 Å². The van der Waals surface area contributed by atoms with Crippen molar-refractivity contribution in [1.29, 1.82) is 0 Å². The second-order valence-corrected chi connectivity index (χ2v) is 5.19. The van der Waals surface area contributed by atoms with Gasteiger partial charge < -0.3 is 4.57 Å². The minimum Gasteiger partial charge on any atom is -0.333 e. The quantitative estimate of drug-likeness (QED) is 0.769. The maximum atomic E-state index is 14.0. The summed E-state index contributed by atoms with van der Waals surface area (Å²) in [5, 5.41) is 0. The molecule has 0 atom stereocenters. The molecule has 0 aliphatic heterocycles. The molecule has 0 fully saturated rings. The van der Waals surface area contributed by atoms with Gasteiger partial charge in [0.15, 0.2) is 0 Å². The average Bonchev–Trinajstić information content (AvgIpc) is 2.53. The molecule has 24 heavy (non-hydrogen) atoms. The number of alkyl halides is 3. The number of carbonyl (C=O) groups excluding carboxylic acids is 1. The van der Waals surface area contributed by atoms with Crippen LogP contribution in [0.1, 0.15) is 35.7 Å². The molecule has 0 N–H and O–H groups in total. The molecular formula is C17H16F4N2O. The fraction of sp³-hybridized carbons (Fsp3) is 0.294. The van der Waals surface area contributed by atoms with Gasteiger partial charge >= 0.3 is 6.18 Å². The molecule has 0 radical (unpaired) electrons. The first-order valence-corrected chi connectivity index (χ1v) is 7.45. The van der Waals surface area contributed by atoms with E-state index >= 15 is 0 Å². The van der Waals surface area contributed by atoms with E-state index in [2.05, 4.69) is 4.99 Å². The summed E-state index contributed by atoms with van der Waals surface area (Å²) in [7, 11) is 0. The van der Waals surface area contributed by atoms with Crippen LogP contribution in [0.15, 0.2) is 47.6 Å². The number of rotatable bonds is 4. The first-order chi connectivity index (χ1) is 11.3. The highest BCUT2D eigenvalue weighted by molar-refractivity contribution is 5.95. The van der Waals surface area contributed by atoms with Crippen LogP contribution in [0.5, 0.6) is 0 Å². The number of aryl methyl sites for hydroxylation is 1. The van der Waals surface area contributed by atoms with Crippen LogP contribution in [0.4, 0.5) is 17.6 Å². The molecule has 0 aliphatic rings. The Bertz CT molecular complexity index is 794. The molecule has 128 valence electrons. The van der Waals surface area contributed by atoms with E-state index in [-0.39, 0.29) is 5.49 Å². The molecule has 0 aliphatic carbocycles. The number of amides is 1. The largest absolute Gasteiger partial charge is 0.419 e. The SMILES string of the molecule is CCCCn1ccccc1=NC(=O)c1cccc(C(F)(F)F)c1F. The van der Waals surface area contributed by atoms with E-state index in [9.17, 15) is 22.4 Å². The molecule has 1 aromatic carbocycles. The van der Waals surface area contributed by atoms with E-state index in [1.807, 2.05) is 6.92 Å². The van der Waals surface area contributed by atoms with Gasteiger partial charge in [0.05, 0.1) is 11.1 Å². The second kappa shape index (κ2) is 7.42. The van der Waals surface area contributed by atoms with Crippen LogP contribution >= 0.6 is 0 Å². The highest BCUT2D eigenvalue weighted by Crippen LogP contribution is 2.32. The summed E-state index contributed by atoms with van der Waals surface area (Å²) < 4.78 is 53.9. The molecule has 7 heteroatoms. The van der Waals surface area contributed by atoms with Gasteiger partial charge in [0.2, 0.25) is 0 Å². The van der Waals surface area contributed by atoms with Gasteiger partial charge in [-0.05, 0) is 30.7 Å². The van der Waals surface area contributed by atoms with Crippen molar-refractivity contribution in [3.05, 3.63) is 65.0 Å². The van der Waals surface area contributed by atoms with E-state index in [4.69, 9.17) is 0 Å². The van der Waals surface area contributed by atoms with Crippen molar-refractivity contribution in [3.8, 4) is 0 Å². The first-order valence-electron chi connectivity index (χ1n) is 7.45. The topological polar surface area (TPSA) is 34.4 Å². The molecular weight excluding hydrogens is 324 g/mol. The third-order valence-corrected chi connectivity index (χ3v) is 3.42. The monoisotopic (exact) mass is 340 g/mol.